The smallest absolute Gasteiger partial charge is 0.410 e. The number of hydrogen-bond acceptors (Lipinski definition) is 6. The second-order valence-corrected chi connectivity index (χ2v) is 9.15. The third kappa shape index (κ3) is 11.0. The molecule has 1 atom stereocenters. The van der Waals surface area contributed by atoms with Gasteiger partial charge < -0.3 is 29.7 Å². The van der Waals surface area contributed by atoms with Crippen molar-refractivity contribution in [3.05, 3.63) is 0 Å². The first-order valence-corrected chi connectivity index (χ1v) is 11.7. The topological polar surface area (TPSA) is 87.7 Å². The molecule has 9 nitrogen and oxygen atoms in total. The molecular weight excluding hydrogens is 398 g/mol. The first kappa shape index (κ1) is 25.7. The van der Waals surface area contributed by atoms with E-state index in [4.69, 9.17) is 14.2 Å². The zero-order valence-electron chi connectivity index (χ0n) is 20.0. The summed E-state index contributed by atoms with van der Waals surface area (Å²) in [6, 6.07) is 0. The van der Waals surface area contributed by atoms with Crippen LogP contribution in [0.2, 0.25) is 0 Å². The van der Waals surface area contributed by atoms with Crippen LogP contribution in [0.4, 0.5) is 4.79 Å². The molecule has 1 unspecified atom stereocenters. The third-order valence-electron chi connectivity index (χ3n) is 5.28. The lowest BCUT2D eigenvalue weighted by Crippen LogP contribution is -2.50. The highest BCUT2D eigenvalue weighted by molar-refractivity contribution is 5.79. The molecule has 2 aliphatic rings. The number of ether oxygens (including phenoxy) is 3. The molecule has 2 fully saturated rings. The lowest BCUT2D eigenvalue weighted by Gasteiger charge is -2.35. The molecule has 2 rings (SSSR count). The van der Waals surface area contributed by atoms with E-state index in [1.54, 1.807) is 11.9 Å². The average molecular weight is 442 g/mol. The maximum Gasteiger partial charge on any atom is 0.410 e. The lowest BCUT2D eigenvalue weighted by atomic mass is 10.2. The van der Waals surface area contributed by atoms with Crippen LogP contribution >= 0.6 is 0 Å². The van der Waals surface area contributed by atoms with Crippen LogP contribution in [0.25, 0.3) is 0 Å². The zero-order valence-corrected chi connectivity index (χ0v) is 20.0. The predicted molar refractivity (Wildman–Crippen MR) is 123 cm³/mol. The van der Waals surface area contributed by atoms with Gasteiger partial charge in [0.1, 0.15) is 5.60 Å². The van der Waals surface area contributed by atoms with Crippen LogP contribution in [-0.2, 0) is 14.2 Å². The molecular formula is C22H43N5O4. The summed E-state index contributed by atoms with van der Waals surface area (Å²) >= 11 is 0. The van der Waals surface area contributed by atoms with Crippen LogP contribution in [-0.4, -0.2) is 106 Å². The fourth-order valence-corrected chi connectivity index (χ4v) is 3.58. The van der Waals surface area contributed by atoms with E-state index in [1.807, 2.05) is 20.8 Å². The van der Waals surface area contributed by atoms with Crippen molar-refractivity contribution in [2.45, 2.75) is 58.2 Å². The standard InChI is InChI=1S/C22H43N5O4/c1-22(2,3)31-21(28)27-14-12-26(13-15-27)11-6-9-24-20(23-4)25-10-7-16-29-18-19-8-5-17-30-19/h19H,5-18H2,1-4H3,(H2,23,24,25). The number of carbonyl (C=O) groups excluding carboxylic acids is 1. The van der Waals surface area contributed by atoms with Crippen LogP contribution in [0, 0.1) is 0 Å². The predicted octanol–water partition coefficient (Wildman–Crippen LogP) is 1.68. The molecule has 2 N–H and O–H groups in total. The second-order valence-electron chi connectivity index (χ2n) is 9.15. The van der Waals surface area contributed by atoms with Crippen molar-refractivity contribution in [1.29, 1.82) is 0 Å². The second kappa shape index (κ2) is 13.8. The summed E-state index contributed by atoms with van der Waals surface area (Å²) in [7, 11) is 1.79. The summed E-state index contributed by atoms with van der Waals surface area (Å²) < 4.78 is 16.7. The Balaban J connectivity index is 1.46. The van der Waals surface area contributed by atoms with E-state index >= 15 is 0 Å². The number of aliphatic imine (C=N–C) groups is 1. The van der Waals surface area contributed by atoms with Crippen molar-refractivity contribution in [3.63, 3.8) is 0 Å². The van der Waals surface area contributed by atoms with Crippen LogP contribution < -0.4 is 10.6 Å². The molecule has 0 aliphatic carbocycles. The van der Waals surface area contributed by atoms with Gasteiger partial charge in [-0.3, -0.25) is 9.89 Å². The minimum Gasteiger partial charge on any atom is -0.444 e. The maximum absolute atomic E-state index is 12.1. The number of piperazine rings is 1. The normalized spacial score (nSPS) is 20.7. The van der Waals surface area contributed by atoms with Crippen molar-refractivity contribution in [1.82, 2.24) is 20.4 Å². The number of guanidine groups is 1. The molecule has 0 radical (unpaired) electrons. The molecule has 0 aromatic heterocycles. The molecule has 31 heavy (non-hydrogen) atoms. The SMILES string of the molecule is CN=C(NCCCOCC1CCCO1)NCCCN1CCN(C(=O)OC(C)(C)C)CC1. The summed E-state index contributed by atoms with van der Waals surface area (Å²) in [6.07, 6.45) is 4.32. The highest BCUT2D eigenvalue weighted by atomic mass is 16.6. The van der Waals surface area contributed by atoms with Gasteiger partial charge in [0.15, 0.2) is 5.96 Å². The van der Waals surface area contributed by atoms with Gasteiger partial charge >= 0.3 is 6.09 Å². The van der Waals surface area contributed by atoms with Gasteiger partial charge in [0.05, 0.1) is 12.7 Å². The van der Waals surface area contributed by atoms with Gasteiger partial charge in [-0.2, -0.15) is 0 Å². The Morgan fingerprint density at radius 1 is 1.13 bits per heavy atom. The highest BCUT2D eigenvalue weighted by Crippen LogP contribution is 2.12. The number of amides is 1. The summed E-state index contributed by atoms with van der Waals surface area (Å²) in [5.74, 6) is 0.828. The minimum absolute atomic E-state index is 0.207. The van der Waals surface area contributed by atoms with E-state index in [9.17, 15) is 4.79 Å². The van der Waals surface area contributed by atoms with E-state index < -0.39 is 5.60 Å². The molecule has 0 bridgehead atoms. The molecule has 2 saturated heterocycles. The van der Waals surface area contributed by atoms with Crippen molar-refractivity contribution < 1.29 is 19.0 Å². The monoisotopic (exact) mass is 441 g/mol. The van der Waals surface area contributed by atoms with Crippen LogP contribution in [0.5, 0.6) is 0 Å². The molecule has 1 amide bonds. The molecule has 180 valence electrons. The summed E-state index contributed by atoms with van der Waals surface area (Å²) in [4.78, 5) is 20.6. The van der Waals surface area contributed by atoms with Gasteiger partial charge in [0.2, 0.25) is 0 Å². The first-order valence-electron chi connectivity index (χ1n) is 11.7. The molecule has 2 heterocycles. The van der Waals surface area contributed by atoms with E-state index in [-0.39, 0.29) is 6.09 Å². The van der Waals surface area contributed by atoms with E-state index in [1.165, 1.54) is 0 Å². The van der Waals surface area contributed by atoms with Crippen LogP contribution in [0.3, 0.4) is 0 Å². The van der Waals surface area contributed by atoms with Gasteiger partial charge in [-0.05, 0) is 53.0 Å². The molecule has 0 aromatic rings. The molecule has 2 aliphatic heterocycles. The summed E-state index contributed by atoms with van der Waals surface area (Å²) in [5, 5.41) is 6.69. The van der Waals surface area contributed by atoms with Crippen molar-refractivity contribution >= 4 is 12.1 Å². The Morgan fingerprint density at radius 2 is 1.84 bits per heavy atom. The lowest BCUT2D eigenvalue weighted by molar-refractivity contribution is 0.0145. The van der Waals surface area contributed by atoms with Gasteiger partial charge in [0, 0.05) is 59.5 Å². The van der Waals surface area contributed by atoms with E-state index in [0.29, 0.717) is 12.7 Å². The number of rotatable bonds is 10. The van der Waals surface area contributed by atoms with Crippen LogP contribution in [0.15, 0.2) is 4.99 Å². The number of carbonyl (C=O) groups is 1. The molecule has 0 aromatic carbocycles. The van der Waals surface area contributed by atoms with Gasteiger partial charge in [-0.15, -0.1) is 0 Å². The fraction of sp³-hybridized carbons (Fsp3) is 0.909. The third-order valence-corrected chi connectivity index (χ3v) is 5.28. The Morgan fingerprint density at radius 3 is 2.45 bits per heavy atom. The first-order chi connectivity index (χ1) is 14.9. The van der Waals surface area contributed by atoms with Gasteiger partial charge in [-0.25, -0.2) is 4.79 Å². The highest BCUT2D eigenvalue weighted by Gasteiger charge is 2.25. The van der Waals surface area contributed by atoms with Crippen molar-refractivity contribution in [3.8, 4) is 0 Å². The van der Waals surface area contributed by atoms with Gasteiger partial charge in [-0.1, -0.05) is 0 Å². The Bertz CT molecular complexity index is 539. The molecule has 9 heteroatoms. The quantitative estimate of drug-likeness (QED) is 0.303. The van der Waals surface area contributed by atoms with Gasteiger partial charge in [0.25, 0.3) is 0 Å². The number of nitrogens with one attached hydrogen (secondary N) is 2. The number of hydrogen-bond donors (Lipinski definition) is 2. The van der Waals surface area contributed by atoms with Crippen LogP contribution in [0.1, 0.15) is 46.5 Å². The minimum atomic E-state index is -0.441. The average Bonchev–Trinajstić information content (AvgIpc) is 3.24. The van der Waals surface area contributed by atoms with Crippen molar-refractivity contribution in [2.24, 2.45) is 4.99 Å². The largest absolute Gasteiger partial charge is 0.444 e. The Labute approximate surface area is 187 Å². The Kier molecular flexibility index (Phi) is 11.4. The maximum atomic E-state index is 12.1. The van der Waals surface area contributed by atoms with Crippen molar-refractivity contribution in [2.75, 3.05) is 72.7 Å². The fourth-order valence-electron chi connectivity index (χ4n) is 3.58. The molecule has 0 saturated carbocycles. The zero-order chi connectivity index (χ0) is 22.5. The van der Waals surface area contributed by atoms with E-state index in [2.05, 4.69) is 20.5 Å². The number of nitrogens with zero attached hydrogens (tertiary/aromatic N) is 3. The van der Waals surface area contributed by atoms with E-state index in [0.717, 1.165) is 90.7 Å². The molecule has 0 spiro atoms. The Hall–Kier alpha value is -1.58. The summed E-state index contributed by atoms with van der Waals surface area (Å²) in [5.41, 5.74) is -0.441. The summed E-state index contributed by atoms with van der Waals surface area (Å²) in [6.45, 7) is 13.9.